The molecule has 14 nitrogen and oxygen atoms in total. The molecular formula is C52H71Br2F2N11O3S4. The van der Waals surface area contributed by atoms with Gasteiger partial charge in [-0.05, 0) is 125 Å². The fourth-order valence-electron chi connectivity index (χ4n) is 6.85. The van der Waals surface area contributed by atoms with Crippen LogP contribution in [-0.4, -0.2) is 98.1 Å². The molecule has 0 saturated heterocycles. The number of rotatable bonds is 19. The van der Waals surface area contributed by atoms with Gasteiger partial charge in [0.1, 0.15) is 28.9 Å². The van der Waals surface area contributed by atoms with Crippen LogP contribution >= 0.6 is 81.0 Å². The first kappa shape index (κ1) is 65.6. The lowest BCUT2D eigenvalue weighted by atomic mass is 10.1. The van der Waals surface area contributed by atoms with Gasteiger partial charge in [-0.1, -0.05) is 103 Å². The van der Waals surface area contributed by atoms with Crippen molar-refractivity contribution in [3.63, 3.8) is 0 Å². The third-order valence-electron chi connectivity index (χ3n) is 10.9. The Bertz CT molecular complexity index is 2500. The molecule has 22 heteroatoms. The first-order valence-corrected chi connectivity index (χ1v) is 26.7. The molecule has 2 aliphatic heterocycles. The average molecular weight is 1220 g/mol. The summed E-state index contributed by atoms with van der Waals surface area (Å²) < 4.78 is 42.8. The van der Waals surface area contributed by atoms with E-state index in [0.29, 0.717) is 37.1 Å². The van der Waals surface area contributed by atoms with Gasteiger partial charge in [-0.2, -0.15) is 0 Å². The van der Waals surface area contributed by atoms with Crippen LogP contribution in [-0.2, 0) is 42.3 Å². The van der Waals surface area contributed by atoms with E-state index in [9.17, 15) is 8.78 Å². The summed E-state index contributed by atoms with van der Waals surface area (Å²) in [5.74, 6) is 4.46. The molecule has 0 amide bonds. The van der Waals surface area contributed by atoms with Crippen molar-refractivity contribution in [3.05, 3.63) is 160 Å². The van der Waals surface area contributed by atoms with Gasteiger partial charge in [-0.15, -0.1) is 34.0 Å². The largest absolute Gasteiger partial charge is 0.497 e. The molecule has 0 bridgehead atoms. The number of hydrogen-bond donors (Lipinski definition) is 7. The summed E-state index contributed by atoms with van der Waals surface area (Å²) in [6.45, 7) is 5.38. The quantitative estimate of drug-likeness (QED) is 0.0303. The molecule has 2 aliphatic rings. The Labute approximate surface area is 474 Å². The van der Waals surface area contributed by atoms with E-state index in [2.05, 4.69) is 44.7 Å². The van der Waals surface area contributed by atoms with Crippen molar-refractivity contribution in [2.45, 2.75) is 49.7 Å². The summed E-state index contributed by atoms with van der Waals surface area (Å²) >= 11 is 5.61. The zero-order valence-corrected chi connectivity index (χ0v) is 47.9. The molecule has 5 aromatic rings. The minimum absolute atomic E-state index is 0. The summed E-state index contributed by atoms with van der Waals surface area (Å²) in [4.78, 5) is 14.0. The molecule has 404 valence electrons. The standard InChI is InChI=1S/C32H39FN6O2S2.C10H13FN4S2.C9H13NO.CH4.2BrH/c1-40-29-9-3-24(4-10-29)13-15-38-20-34-31(35-21-38)42-18-26-7-8-28(33)17-27(26)19-43-32-36-22-39(23-37-32)16-14-25-5-11-30(41-2)12-6-25;11-8-2-1-6(4-16-9(12)13)7(3-8)5-17-10(14)15;1-11-9-4-2-8(3-5-9)6-7-10;;;/h3-12,17H,13-16,18-23H2,1-2H3,(H,34,35)(H,36,37);1-3H,4-5H2,(H3,12,13)(H3,14,15);2-5H,6-7,10H2,1H3;1H4;2*1H. The highest BCUT2D eigenvalue weighted by molar-refractivity contribution is 8.93. The third kappa shape index (κ3) is 24.4. The van der Waals surface area contributed by atoms with Gasteiger partial charge in [-0.3, -0.25) is 20.6 Å². The van der Waals surface area contributed by atoms with Gasteiger partial charge in [-0.25, -0.2) is 18.8 Å². The van der Waals surface area contributed by atoms with Crippen LogP contribution in [0.15, 0.2) is 119 Å². The Morgan fingerprint density at radius 2 is 0.905 bits per heavy atom. The minimum Gasteiger partial charge on any atom is -0.497 e. The van der Waals surface area contributed by atoms with Gasteiger partial charge in [0.25, 0.3) is 0 Å². The summed E-state index contributed by atoms with van der Waals surface area (Å²) in [5.41, 5.74) is 23.5. The number of ether oxygens (including phenoxy) is 3. The smallest absolute Gasteiger partial charge is 0.159 e. The molecule has 0 saturated carbocycles. The van der Waals surface area contributed by atoms with Crippen molar-refractivity contribution >= 4 is 102 Å². The van der Waals surface area contributed by atoms with Gasteiger partial charge in [0.2, 0.25) is 0 Å². The van der Waals surface area contributed by atoms with Crippen LogP contribution in [0.1, 0.15) is 46.4 Å². The van der Waals surface area contributed by atoms with Crippen molar-refractivity contribution in [3.8, 4) is 17.2 Å². The highest BCUT2D eigenvalue weighted by Crippen LogP contribution is 2.25. The second-order valence-electron chi connectivity index (χ2n) is 16.0. The maximum absolute atomic E-state index is 14.2. The maximum Gasteiger partial charge on any atom is 0.159 e. The first-order valence-electron chi connectivity index (χ1n) is 22.8. The second-order valence-corrected chi connectivity index (χ2v) is 19.9. The summed E-state index contributed by atoms with van der Waals surface area (Å²) in [6, 6.07) is 33.9. The second kappa shape index (κ2) is 36.5. The van der Waals surface area contributed by atoms with Crippen molar-refractivity contribution < 1.29 is 23.0 Å². The van der Waals surface area contributed by atoms with Gasteiger partial charge < -0.3 is 42.0 Å². The van der Waals surface area contributed by atoms with Crippen LogP contribution in [0.4, 0.5) is 8.78 Å². The van der Waals surface area contributed by atoms with E-state index in [1.807, 2.05) is 54.6 Å². The summed E-state index contributed by atoms with van der Waals surface area (Å²) in [7, 11) is 5.03. The van der Waals surface area contributed by atoms with Crippen LogP contribution in [0.2, 0.25) is 0 Å². The number of nitrogens with one attached hydrogen (secondary N) is 4. The topological polar surface area (TPSA) is 209 Å². The number of nitrogens with zero attached hydrogens (tertiary/aromatic N) is 4. The molecular weight excluding hydrogens is 1150 g/mol. The number of aliphatic imine (C=N–C) groups is 2. The number of halogens is 4. The highest BCUT2D eigenvalue weighted by atomic mass is 79.9. The maximum atomic E-state index is 14.2. The van der Waals surface area contributed by atoms with Crippen LogP contribution in [0.25, 0.3) is 0 Å². The van der Waals surface area contributed by atoms with E-state index in [4.69, 9.17) is 52.2 Å². The number of methoxy groups -OCH3 is 3. The highest BCUT2D eigenvalue weighted by Gasteiger charge is 2.17. The van der Waals surface area contributed by atoms with Crippen LogP contribution in [0.5, 0.6) is 17.2 Å². The predicted octanol–water partition coefficient (Wildman–Crippen LogP) is 10.2. The third-order valence-corrected chi connectivity index (χ3v) is 14.4. The van der Waals surface area contributed by atoms with E-state index in [0.717, 1.165) is 113 Å². The molecule has 0 spiro atoms. The summed E-state index contributed by atoms with van der Waals surface area (Å²) in [6.07, 6.45) is 2.85. The molecule has 0 aromatic heterocycles. The van der Waals surface area contributed by atoms with Gasteiger partial charge in [0.15, 0.2) is 20.7 Å². The number of benzene rings is 5. The van der Waals surface area contributed by atoms with E-state index in [1.54, 1.807) is 57.0 Å². The van der Waals surface area contributed by atoms with Crippen molar-refractivity contribution in [1.29, 1.82) is 10.8 Å². The lowest BCUT2D eigenvalue weighted by Crippen LogP contribution is -2.42. The Kier molecular flexibility index (Phi) is 32.3. The SMILES string of the molecule is Br.Br.C.COc1ccc(CCN)cc1.COc1ccc(CCN2CN=C(SCc3ccc(F)cc3CSC3=NCN(CCc4ccc(OC)cc4)CN3)NC2)cc1.N=C(N)SCc1ccc(F)cc1CSC(=N)N. The first-order chi connectivity index (χ1) is 34.4. The molecule has 0 radical (unpaired) electrons. The molecule has 5 aromatic carbocycles. The predicted molar refractivity (Wildman–Crippen MR) is 322 cm³/mol. The van der Waals surface area contributed by atoms with Crippen LogP contribution in [0.3, 0.4) is 0 Å². The molecule has 0 unspecified atom stereocenters. The number of hydrogen-bond acceptors (Lipinski definition) is 16. The minimum atomic E-state index is -0.319. The molecule has 7 rings (SSSR count). The molecule has 2 heterocycles. The van der Waals surface area contributed by atoms with E-state index >= 15 is 0 Å². The van der Waals surface area contributed by atoms with Crippen molar-refractivity contribution in [2.75, 3.05) is 67.6 Å². The Morgan fingerprint density at radius 1 is 0.554 bits per heavy atom. The number of thioether (sulfide) groups is 4. The summed E-state index contributed by atoms with van der Waals surface area (Å²) in [5, 5.41) is 23.0. The number of nitrogens with two attached hydrogens (primary N) is 3. The Hall–Kier alpha value is -4.52. The van der Waals surface area contributed by atoms with Crippen LogP contribution in [0, 0.1) is 22.5 Å². The fourth-order valence-corrected chi connectivity index (χ4v) is 9.79. The fraction of sp³-hybridized carbons (Fsp3) is 0.346. The van der Waals surface area contributed by atoms with Gasteiger partial charge >= 0.3 is 0 Å². The molecule has 0 aliphatic carbocycles. The zero-order chi connectivity index (χ0) is 50.8. The van der Waals surface area contributed by atoms with E-state index < -0.39 is 0 Å². The van der Waals surface area contributed by atoms with E-state index in [-0.39, 0.29) is 63.4 Å². The molecule has 74 heavy (non-hydrogen) atoms. The lowest BCUT2D eigenvalue weighted by Gasteiger charge is -2.27. The Morgan fingerprint density at radius 3 is 1.26 bits per heavy atom. The van der Waals surface area contributed by atoms with Gasteiger partial charge in [0, 0.05) is 36.1 Å². The Balaban J connectivity index is 0.000000497. The monoisotopic (exact) mass is 1220 g/mol. The molecule has 0 atom stereocenters. The van der Waals surface area contributed by atoms with Crippen molar-refractivity contribution in [2.24, 2.45) is 27.2 Å². The normalized spacial score (nSPS) is 12.9. The number of amidine groups is 4. The lowest BCUT2D eigenvalue weighted by molar-refractivity contribution is 0.270. The van der Waals surface area contributed by atoms with Crippen LogP contribution < -0.4 is 42.0 Å². The average Bonchev–Trinajstić information content (AvgIpc) is 3.39. The zero-order valence-electron chi connectivity index (χ0n) is 41.2. The molecule has 0 fully saturated rings. The van der Waals surface area contributed by atoms with E-state index in [1.165, 1.54) is 46.7 Å². The van der Waals surface area contributed by atoms with Crippen molar-refractivity contribution in [1.82, 2.24) is 20.4 Å². The van der Waals surface area contributed by atoms with Gasteiger partial charge in [0.05, 0.1) is 48.0 Å². The molecule has 10 N–H and O–H groups in total.